The Morgan fingerprint density at radius 2 is 1.88 bits per heavy atom. The standard InChI is InChI=1S/C21H20N2O3/c1-24-15-7-5-6-14(12-15)23-21-20-17(10-11-26-20)18(13-22-21)16-8-3-4-9-19(16)25-2/h3-9,12-13H,10-11H2,1-2H3,(H,22,23). The lowest BCUT2D eigenvalue weighted by Crippen LogP contribution is -1.99. The molecule has 132 valence electrons. The van der Waals surface area contributed by atoms with Gasteiger partial charge in [0.05, 0.1) is 20.8 Å². The molecule has 0 spiro atoms. The van der Waals surface area contributed by atoms with Crippen molar-refractivity contribution in [1.82, 2.24) is 4.98 Å². The molecule has 2 heterocycles. The molecule has 0 bridgehead atoms. The number of nitrogens with zero attached hydrogens (tertiary/aromatic N) is 1. The first-order chi connectivity index (χ1) is 12.8. The number of hydrogen-bond acceptors (Lipinski definition) is 5. The van der Waals surface area contributed by atoms with E-state index in [1.54, 1.807) is 14.2 Å². The maximum absolute atomic E-state index is 5.90. The van der Waals surface area contributed by atoms with Crippen molar-refractivity contribution < 1.29 is 14.2 Å². The summed E-state index contributed by atoms with van der Waals surface area (Å²) in [5, 5.41) is 3.34. The summed E-state index contributed by atoms with van der Waals surface area (Å²) < 4.78 is 16.7. The van der Waals surface area contributed by atoms with Crippen molar-refractivity contribution in [3.05, 3.63) is 60.3 Å². The highest BCUT2D eigenvalue weighted by molar-refractivity contribution is 5.79. The SMILES string of the molecule is COc1cccc(Nc2ncc(-c3ccccc3OC)c3c2OCC3)c1. The minimum Gasteiger partial charge on any atom is -0.497 e. The molecular formula is C21H20N2O3. The predicted octanol–water partition coefficient (Wildman–Crippen LogP) is 4.44. The van der Waals surface area contributed by atoms with Crippen LogP contribution in [0.15, 0.2) is 54.7 Å². The lowest BCUT2D eigenvalue weighted by molar-refractivity contribution is 0.357. The van der Waals surface area contributed by atoms with Gasteiger partial charge in [0.1, 0.15) is 11.5 Å². The topological polar surface area (TPSA) is 52.6 Å². The van der Waals surface area contributed by atoms with Gasteiger partial charge in [0.15, 0.2) is 11.6 Å². The zero-order chi connectivity index (χ0) is 17.9. The van der Waals surface area contributed by atoms with Crippen LogP contribution in [0.5, 0.6) is 17.2 Å². The Balaban J connectivity index is 1.74. The maximum atomic E-state index is 5.90. The normalized spacial score (nSPS) is 12.2. The van der Waals surface area contributed by atoms with Gasteiger partial charge in [-0.1, -0.05) is 24.3 Å². The molecule has 2 aromatic carbocycles. The Morgan fingerprint density at radius 1 is 1.00 bits per heavy atom. The van der Waals surface area contributed by atoms with Crippen LogP contribution < -0.4 is 19.5 Å². The van der Waals surface area contributed by atoms with Crippen LogP contribution in [-0.4, -0.2) is 25.8 Å². The molecule has 0 saturated heterocycles. The summed E-state index contributed by atoms with van der Waals surface area (Å²) in [5.41, 5.74) is 4.12. The first-order valence-electron chi connectivity index (χ1n) is 8.49. The zero-order valence-electron chi connectivity index (χ0n) is 14.8. The predicted molar refractivity (Wildman–Crippen MR) is 102 cm³/mol. The van der Waals surface area contributed by atoms with Crippen molar-refractivity contribution in [3.63, 3.8) is 0 Å². The van der Waals surface area contributed by atoms with Gasteiger partial charge in [-0.15, -0.1) is 0 Å². The molecular weight excluding hydrogens is 328 g/mol. The quantitative estimate of drug-likeness (QED) is 0.738. The Bertz CT molecular complexity index is 940. The van der Waals surface area contributed by atoms with E-state index >= 15 is 0 Å². The number of benzene rings is 2. The number of pyridine rings is 1. The molecule has 0 atom stereocenters. The van der Waals surface area contributed by atoms with Crippen LogP contribution in [0.2, 0.25) is 0 Å². The fraction of sp³-hybridized carbons (Fsp3) is 0.190. The second-order valence-corrected chi connectivity index (χ2v) is 5.98. The van der Waals surface area contributed by atoms with E-state index in [1.807, 2.05) is 54.7 Å². The van der Waals surface area contributed by atoms with Crippen molar-refractivity contribution in [2.24, 2.45) is 0 Å². The van der Waals surface area contributed by atoms with E-state index in [9.17, 15) is 0 Å². The van der Waals surface area contributed by atoms with Crippen molar-refractivity contribution >= 4 is 11.5 Å². The van der Waals surface area contributed by atoms with Gasteiger partial charge in [-0.3, -0.25) is 0 Å². The molecule has 1 aliphatic rings. The molecule has 5 heteroatoms. The summed E-state index contributed by atoms with van der Waals surface area (Å²) in [6.45, 7) is 0.649. The summed E-state index contributed by atoms with van der Waals surface area (Å²) in [6, 6.07) is 15.7. The summed E-state index contributed by atoms with van der Waals surface area (Å²) in [4.78, 5) is 4.62. The number of aromatic nitrogens is 1. The highest BCUT2D eigenvalue weighted by Crippen LogP contribution is 2.42. The number of para-hydroxylation sites is 1. The van der Waals surface area contributed by atoms with Crippen molar-refractivity contribution in [1.29, 1.82) is 0 Å². The molecule has 5 nitrogen and oxygen atoms in total. The highest BCUT2D eigenvalue weighted by Gasteiger charge is 2.23. The van der Waals surface area contributed by atoms with Crippen LogP contribution in [0, 0.1) is 0 Å². The number of methoxy groups -OCH3 is 2. The Labute approximate surface area is 152 Å². The molecule has 0 unspecified atom stereocenters. The Hall–Kier alpha value is -3.21. The smallest absolute Gasteiger partial charge is 0.173 e. The summed E-state index contributed by atoms with van der Waals surface area (Å²) in [6.07, 6.45) is 2.73. The molecule has 0 aliphatic carbocycles. The minimum atomic E-state index is 0.649. The number of fused-ring (bicyclic) bond motifs is 1. The second kappa shape index (κ2) is 6.96. The lowest BCUT2D eigenvalue weighted by Gasteiger charge is -2.15. The molecule has 0 amide bonds. The third-order valence-electron chi connectivity index (χ3n) is 4.47. The minimum absolute atomic E-state index is 0.649. The van der Waals surface area contributed by atoms with Crippen LogP contribution in [0.3, 0.4) is 0 Å². The number of ether oxygens (including phenoxy) is 3. The average Bonchev–Trinajstić information content (AvgIpc) is 3.19. The van der Waals surface area contributed by atoms with Gasteiger partial charge in [0.2, 0.25) is 0 Å². The number of rotatable bonds is 5. The first-order valence-corrected chi connectivity index (χ1v) is 8.49. The van der Waals surface area contributed by atoms with Crippen LogP contribution >= 0.6 is 0 Å². The second-order valence-electron chi connectivity index (χ2n) is 5.98. The van der Waals surface area contributed by atoms with Crippen molar-refractivity contribution in [3.8, 4) is 28.4 Å². The van der Waals surface area contributed by atoms with Crippen LogP contribution in [0.4, 0.5) is 11.5 Å². The third-order valence-corrected chi connectivity index (χ3v) is 4.47. The van der Waals surface area contributed by atoms with E-state index in [0.29, 0.717) is 12.4 Å². The fourth-order valence-corrected chi connectivity index (χ4v) is 3.22. The maximum Gasteiger partial charge on any atom is 0.173 e. The average molecular weight is 348 g/mol. The number of anilines is 2. The largest absolute Gasteiger partial charge is 0.497 e. The van der Waals surface area contributed by atoms with Crippen LogP contribution in [-0.2, 0) is 6.42 Å². The van der Waals surface area contributed by atoms with Crippen LogP contribution in [0.1, 0.15) is 5.56 Å². The monoisotopic (exact) mass is 348 g/mol. The number of hydrogen-bond donors (Lipinski definition) is 1. The van der Waals surface area contributed by atoms with Crippen LogP contribution in [0.25, 0.3) is 11.1 Å². The molecule has 0 saturated carbocycles. The lowest BCUT2D eigenvalue weighted by atomic mass is 9.99. The summed E-state index contributed by atoms with van der Waals surface area (Å²) >= 11 is 0. The molecule has 4 rings (SSSR count). The van der Waals surface area contributed by atoms with Gasteiger partial charge in [-0.25, -0.2) is 4.98 Å². The van der Waals surface area contributed by atoms with Gasteiger partial charge < -0.3 is 19.5 Å². The Kier molecular flexibility index (Phi) is 4.35. The Morgan fingerprint density at radius 3 is 2.73 bits per heavy atom. The van der Waals surface area contributed by atoms with E-state index in [4.69, 9.17) is 14.2 Å². The molecule has 0 fully saturated rings. The molecule has 1 aliphatic heterocycles. The molecule has 0 radical (unpaired) electrons. The third kappa shape index (κ3) is 2.92. The van der Waals surface area contributed by atoms with Gasteiger partial charge in [0.25, 0.3) is 0 Å². The molecule has 3 aromatic rings. The highest BCUT2D eigenvalue weighted by atomic mass is 16.5. The van der Waals surface area contributed by atoms with E-state index in [1.165, 1.54) is 0 Å². The van der Waals surface area contributed by atoms with E-state index in [2.05, 4.69) is 10.3 Å². The van der Waals surface area contributed by atoms with Gasteiger partial charge in [0, 0.05) is 41.1 Å². The van der Waals surface area contributed by atoms with Crippen molar-refractivity contribution in [2.45, 2.75) is 6.42 Å². The number of nitrogens with one attached hydrogen (secondary N) is 1. The van der Waals surface area contributed by atoms with Gasteiger partial charge >= 0.3 is 0 Å². The zero-order valence-corrected chi connectivity index (χ0v) is 14.8. The fourth-order valence-electron chi connectivity index (χ4n) is 3.22. The van der Waals surface area contributed by atoms with Gasteiger partial charge in [-0.2, -0.15) is 0 Å². The summed E-state index contributed by atoms with van der Waals surface area (Å²) in [5.74, 6) is 3.13. The first kappa shape index (κ1) is 16.3. The molecule has 26 heavy (non-hydrogen) atoms. The molecule has 1 N–H and O–H groups in total. The van der Waals surface area contributed by atoms with E-state index in [-0.39, 0.29) is 0 Å². The summed E-state index contributed by atoms with van der Waals surface area (Å²) in [7, 11) is 3.34. The molecule has 1 aromatic heterocycles. The van der Waals surface area contributed by atoms with Gasteiger partial charge in [-0.05, 0) is 18.2 Å². The van der Waals surface area contributed by atoms with Crippen molar-refractivity contribution in [2.75, 3.05) is 26.1 Å². The van der Waals surface area contributed by atoms with E-state index < -0.39 is 0 Å². The van der Waals surface area contributed by atoms with E-state index in [0.717, 1.165) is 46.0 Å².